The van der Waals surface area contributed by atoms with E-state index in [1.165, 1.54) is 11.5 Å². The lowest BCUT2D eigenvalue weighted by molar-refractivity contribution is -0.120. The molecule has 1 nitrogen and oxygen atoms in total. The van der Waals surface area contributed by atoms with Crippen molar-refractivity contribution in [3.63, 3.8) is 0 Å². The van der Waals surface area contributed by atoms with Crippen LogP contribution in [0.2, 0.25) is 0 Å². The zero-order chi connectivity index (χ0) is 9.84. The summed E-state index contributed by atoms with van der Waals surface area (Å²) in [5.74, 6) is 3.22. The molecule has 0 saturated carbocycles. The Balaban J connectivity index is 2.47. The SMILES string of the molecule is CCSC1CC(C(C)=O)CC[S+]1C. The molecule has 3 atom stereocenters. The summed E-state index contributed by atoms with van der Waals surface area (Å²) in [6, 6.07) is 0. The molecule has 0 bridgehead atoms. The van der Waals surface area contributed by atoms with Gasteiger partial charge in [-0.25, -0.2) is 0 Å². The van der Waals surface area contributed by atoms with E-state index in [0.717, 1.165) is 17.4 Å². The van der Waals surface area contributed by atoms with Crippen molar-refractivity contribution in [3.05, 3.63) is 0 Å². The average molecular weight is 219 g/mol. The number of rotatable bonds is 3. The van der Waals surface area contributed by atoms with Crippen molar-refractivity contribution >= 4 is 28.4 Å². The van der Waals surface area contributed by atoms with Gasteiger partial charge >= 0.3 is 0 Å². The van der Waals surface area contributed by atoms with Gasteiger partial charge in [-0.2, -0.15) is 0 Å². The molecule has 0 spiro atoms. The lowest BCUT2D eigenvalue weighted by Gasteiger charge is -2.25. The zero-order valence-electron chi connectivity index (χ0n) is 8.71. The molecule has 0 amide bonds. The Kier molecular flexibility index (Phi) is 4.67. The molecule has 3 heteroatoms. The molecule has 1 heterocycles. The van der Waals surface area contributed by atoms with Crippen molar-refractivity contribution in [3.8, 4) is 0 Å². The minimum absolute atomic E-state index is 0.368. The van der Waals surface area contributed by atoms with Crippen LogP contribution in [0.25, 0.3) is 0 Å². The Morgan fingerprint density at radius 1 is 1.62 bits per heavy atom. The minimum Gasteiger partial charge on any atom is -0.300 e. The van der Waals surface area contributed by atoms with Gasteiger partial charge in [0.05, 0.1) is 6.26 Å². The molecule has 0 aromatic heterocycles. The molecule has 3 unspecified atom stereocenters. The van der Waals surface area contributed by atoms with Crippen LogP contribution in [0.3, 0.4) is 0 Å². The second kappa shape index (κ2) is 5.30. The Hall–Kier alpha value is 0.370. The molecule has 0 N–H and O–H groups in total. The summed E-state index contributed by atoms with van der Waals surface area (Å²) in [4.78, 5) is 11.2. The van der Waals surface area contributed by atoms with Crippen molar-refractivity contribution in [1.82, 2.24) is 0 Å². The van der Waals surface area contributed by atoms with E-state index in [-0.39, 0.29) is 0 Å². The van der Waals surface area contributed by atoms with Gasteiger partial charge in [-0.1, -0.05) is 6.92 Å². The first-order chi connectivity index (χ1) is 6.15. The predicted octanol–water partition coefficient (Wildman–Crippen LogP) is 2.31. The van der Waals surface area contributed by atoms with E-state index < -0.39 is 0 Å². The molecule has 0 aromatic carbocycles. The normalized spacial score (nSPS) is 34.5. The van der Waals surface area contributed by atoms with Gasteiger partial charge in [-0.05, 0) is 23.6 Å². The highest BCUT2D eigenvalue weighted by atomic mass is 32.2. The van der Waals surface area contributed by atoms with Gasteiger partial charge in [0.25, 0.3) is 0 Å². The molecule has 1 rings (SSSR count). The Labute approximate surface area is 88.4 Å². The Morgan fingerprint density at radius 3 is 2.85 bits per heavy atom. The summed E-state index contributed by atoms with van der Waals surface area (Å²) in [5.41, 5.74) is 0. The molecule has 0 aromatic rings. The molecule has 1 aliphatic rings. The minimum atomic E-state index is 0.368. The molecule has 0 radical (unpaired) electrons. The van der Waals surface area contributed by atoms with Gasteiger partial charge in [-0.15, -0.1) is 11.8 Å². The third-order valence-corrected chi connectivity index (χ3v) is 6.90. The summed E-state index contributed by atoms with van der Waals surface area (Å²) < 4.78 is 0.757. The van der Waals surface area contributed by atoms with Crippen LogP contribution in [-0.2, 0) is 15.7 Å². The smallest absolute Gasteiger partial charge is 0.163 e. The fourth-order valence-electron chi connectivity index (χ4n) is 1.71. The van der Waals surface area contributed by atoms with Gasteiger partial charge in [0.2, 0.25) is 0 Å². The van der Waals surface area contributed by atoms with Crippen LogP contribution in [0, 0.1) is 5.92 Å². The number of thioether (sulfide) groups is 1. The summed E-state index contributed by atoms with van der Waals surface area (Å²) in [6.45, 7) is 3.96. The van der Waals surface area contributed by atoms with Crippen molar-refractivity contribution in [2.45, 2.75) is 31.3 Å². The van der Waals surface area contributed by atoms with E-state index in [1.54, 1.807) is 6.92 Å². The number of carbonyl (C=O) groups excluding carboxylic acids is 1. The summed E-state index contributed by atoms with van der Waals surface area (Å²) >= 11 is 2.04. The van der Waals surface area contributed by atoms with E-state index in [9.17, 15) is 4.79 Å². The van der Waals surface area contributed by atoms with Crippen LogP contribution in [0.5, 0.6) is 0 Å². The Morgan fingerprint density at radius 2 is 2.31 bits per heavy atom. The number of hydrogen-bond donors (Lipinski definition) is 0. The van der Waals surface area contributed by atoms with Crippen LogP contribution < -0.4 is 0 Å². The predicted molar refractivity (Wildman–Crippen MR) is 63.5 cm³/mol. The van der Waals surface area contributed by atoms with Gasteiger partial charge in [0.1, 0.15) is 11.5 Å². The number of Topliss-reactive ketones (excluding diaryl/α,β-unsaturated/α-hetero) is 1. The van der Waals surface area contributed by atoms with E-state index in [0.29, 0.717) is 22.6 Å². The molecule has 1 saturated heterocycles. The lowest BCUT2D eigenvalue weighted by atomic mass is 9.99. The maximum Gasteiger partial charge on any atom is 0.163 e. The molecule has 76 valence electrons. The quantitative estimate of drug-likeness (QED) is 0.678. The molecule has 0 aliphatic carbocycles. The summed E-state index contributed by atoms with van der Waals surface area (Å²) in [5, 5.41) is 0. The maximum absolute atomic E-state index is 11.2. The first-order valence-corrected chi connectivity index (χ1v) is 7.80. The third-order valence-electron chi connectivity index (χ3n) is 2.64. The molecular weight excluding hydrogens is 200 g/mol. The first kappa shape index (κ1) is 11.4. The van der Waals surface area contributed by atoms with Crippen LogP contribution in [0.1, 0.15) is 26.7 Å². The fourth-order valence-corrected chi connectivity index (χ4v) is 5.56. The second-order valence-electron chi connectivity index (χ2n) is 3.61. The highest BCUT2D eigenvalue weighted by molar-refractivity contribution is 8.15. The van der Waals surface area contributed by atoms with Crippen molar-refractivity contribution < 1.29 is 4.79 Å². The van der Waals surface area contributed by atoms with Crippen LogP contribution in [-0.4, -0.2) is 28.1 Å². The maximum atomic E-state index is 11.2. The van der Waals surface area contributed by atoms with Crippen molar-refractivity contribution in [2.24, 2.45) is 5.92 Å². The van der Waals surface area contributed by atoms with Gasteiger partial charge in [0.15, 0.2) is 4.58 Å². The molecule has 13 heavy (non-hydrogen) atoms. The summed E-state index contributed by atoms with van der Waals surface area (Å²) in [7, 11) is 0.546. The second-order valence-corrected chi connectivity index (χ2v) is 7.75. The van der Waals surface area contributed by atoms with E-state index >= 15 is 0 Å². The highest BCUT2D eigenvalue weighted by Gasteiger charge is 2.36. The highest BCUT2D eigenvalue weighted by Crippen LogP contribution is 2.32. The van der Waals surface area contributed by atoms with Crippen molar-refractivity contribution in [1.29, 1.82) is 0 Å². The Bertz CT molecular complexity index is 182. The zero-order valence-corrected chi connectivity index (χ0v) is 10.3. The molecule has 1 fully saturated rings. The molecular formula is C10H19OS2+. The molecule has 1 aliphatic heterocycles. The fraction of sp³-hybridized carbons (Fsp3) is 0.900. The third kappa shape index (κ3) is 3.21. The average Bonchev–Trinajstić information content (AvgIpc) is 2.08. The number of hydrogen-bond acceptors (Lipinski definition) is 2. The van der Waals surface area contributed by atoms with Crippen molar-refractivity contribution in [2.75, 3.05) is 17.8 Å². The van der Waals surface area contributed by atoms with E-state index in [4.69, 9.17) is 0 Å². The monoisotopic (exact) mass is 219 g/mol. The van der Waals surface area contributed by atoms with E-state index in [2.05, 4.69) is 13.2 Å². The van der Waals surface area contributed by atoms with Crippen LogP contribution >= 0.6 is 11.8 Å². The van der Waals surface area contributed by atoms with E-state index in [1.807, 2.05) is 11.8 Å². The number of carbonyl (C=O) groups is 1. The summed E-state index contributed by atoms with van der Waals surface area (Å²) in [6.07, 6.45) is 4.62. The lowest BCUT2D eigenvalue weighted by Crippen LogP contribution is -2.33. The standard InChI is InChI=1S/C10H19OS2/c1-4-12-10-7-9(8(2)11)5-6-13(10)3/h9-10H,4-7H2,1-3H3/q+1. The van der Waals surface area contributed by atoms with Gasteiger partial charge in [0, 0.05) is 18.8 Å². The number of ketones is 1. The topological polar surface area (TPSA) is 17.1 Å². The van der Waals surface area contributed by atoms with Gasteiger partial charge in [-0.3, -0.25) is 4.79 Å². The van der Waals surface area contributed by atoms with Crippen LogP contribution in [0.15, 0.2) is 0 Å². The van der Waals surface area contributed by atoms with Gasteiger partial charge < -0.3 is 0 Å². The van der Waals surface area contributed by atoms with Crippen LogP contribution in [0.4, 0.5) is 0 Å². The largest absolute Gasteiger partial charge is 0.300 e. The first-order valence-electron chi connectivity index (χ1n) is 4.88.